The summed E-state index contributed by atoms with van der Waals surface area (Å²) >= 11 is 0. The molecule has 0 unspecified atom stereocenters. The Hall–Kier alpha value is -16.9. The maximum atomic E-state index is 14.0. The van der Waals surface area contributed by atoms with E-state index in [1.165, 1.54) is 32.5 Å². The van der Waals surface area contributed by atoms with Gasteiger partial charge < -0.3 is 52.5 Å². The minimum Gasteiger partial charge on any atom is -0.535 e. The van der Waals surface area contributed by atoms with Gasteiger partial charge in [0.05, 0.1) is 144 Å². The number of fused-ring (bicyclic) bond motifs is 16. The van der Waals surface area contributed by atoms with Gasteiger partial charge in [0.1, 0.15) is 24.6 Å². The van der Waals surface area contributed by atoms with Crippen molar-refractivity contribution in [2.24, 2.45) is 10.3 Å². The number of carbonyl (C=O) groups excluding carboxylic acids is 5. The fraction of sp³-hybridized carbons (Fsp3) is 0.189. The van der Waals surface area contributed by atoms with Crippen LogP contribution in [0.15, 0.2) is 129 Å². The molecule has 2 N–H and O–H groups in total. The highest BCUT2D eigenvalue weighted by Crippen LogP contribution is 2.53. The molecule has 10 aromatic rings. The van der Waals surface area contributed by atoms with Gasteiger partial charge in [-0.25, -0.2) is 29.1 Å². The molecule has 4 atom stereocenters. The van der Waals surface area contributed by atoms with Crippen LogP contribution in [0.5, 0.6) is 0 Å². The second kappa shape index (κ2) is 31.5. The SMILES string of the molecule is CC[C@@]1(O)C(=O)OCc2c1cc1n(c2=O)Cc2cc3cc([B]OC=O)ccc3nc2-1.CC[C@@]1(OC(=O)[C@H](C)ON=C2c3cc([N+](=O)[O-])cc([N+](=O)[O-])c3-c3c2cc([N+](=O)[O-])cc3[N+](=O)[O-])C(=O)OCc2c1cc1n(c2=O)Cc2cc3cc([B]OC=O)ccc3nc2-1.C[C@H](ON=C1c2cc([N+](=O)[O-])cc([N+](=O)[O-])c2-c2c1cc([N+](=O)[O-])cc2[N+](=O)[O-])C(=O)O. The molecule has 0 saturated carbocycles. The monoisotopic (exact) mass is 1680 g/mol. The predicted octanol–water partition coefficient (Wildman–Crippen LogP) is 6.56. The third-order valence-electron chi connectivity index (χ3n) is 20.7. The molecular formula is C74H48B2N14O33. The molecule has 0 spiro atoms. The predicted molar refractivity (Wildman–Crippen MR) is 415 cm³/mol. The highest BCUT2D eigenvalue weighted by molar-refractivity contribution is 6.49. The minimum atomic E-state index is -2.22. The molecule has 8 heterocycles. The quantitative estimate of drug-likeness (QED) is 0.0171. The Labute approximate surface area is 681 Å². The van der Waals surface area contributed by atoms with Gasteiger partial charge in [-0.1, -0.05) is 48.4 Å². The Morgan fingerprint density at radius 2 is 0.878 bits per heavy atom. The summed E-state index contributed by atoms with van der Waals surface area (Å²) in [4.78, 5) is 204. The van der Waals surface area contributed by atoms with Gasteiger partial charge in [0.15, 0.2) is 5.60 Å². The second-order valence-corrected chi connectivity index (χ2v) is 27.5. The van der Waals surface area contributed by atoms with Crippen molar-refractivity contribution in [2.45, 2.75) is 90.2 Å². The third kappa shape index (κ3) is 14.2. The summed E-state index contributed by atoms with van der Waals surface area (Å²) in [7, 11) is 2.60. The lowest BCUT2D eigenvalue weighted by Crippen LogP contribution is -2.48. The van der Waals surface area contributed by atoms with Crippen LogP contribution in [-0.4, -0.2) is 144 Å². The lowest BCUT2D eigenvalue weighted by Gasteiger charge is -2.36. The first kappa shape index (κ1) is 82.6. The van der Waals surface area contributed by atoms with Crippen molar-refractivity contribution < 1.29 is 112 Å². The van der Waals surface area contributed by atoms with Crippen molar-refractivity contribution in [2.75, 3.05) is 0 Å². The van der Waals surface area contributed by atoms with E-state index in [1.54, 1.807) is 47.9 Å². The highest BCUT2D eigenvalue weighted by Gasteiger charge is 2.53. The van der Waals surface area contributed by atoms with E-state index < -0.39 is 189 Å². The fourth-order valence-electron chi connectivity index (χ4n) is 14.9. The van der Waals surface area contributed by atoms with Crippen molar-refractivity contribution in [3.8, 4) is 45.0 Å². The number of carboxylic acids is 1. The molecular weight excluding hydrogens is 1630 g/mol. The molecule has 0 fully saturated rings. The molecule has 4 aromatic heterocycles. The lowest BCUT2D eigenvalue weighted by molar-refractivity contribution is -0.395. The van der Waals surface area contributed by atoms with Crippen molar-refractivity contribution >= 4 is 141 Å². The van der Waals surface area contributed by atoms with E-state index in [0.717, 1.165) is 49.1 Å². The fourth-order valence-corrected chi connectivity index (χ4v) is 14.9. The number of carboxylic acid groups (broad SMARTS) is 1. The molecule has 16 rings (SSSR count). The largest absolute Gasteiger partial charge is 0.535 e. The molecule has 2 radical (unpaired) electrons. The molecule has 2 aliphatic carbocycles. The number of nitrogens with zero attached hydrogens (tertiary/aromatic N) is 14. The number of oxime groups is 2. The first-order valence-corrected chi connectivity index (χ1v) is 35.6. The van der Waals surface area contributed by atoms with E-state index in [2.05, 4.69) is 15.0 Å². The molecule has 49 heteroatoms. The Morgan fingerprint density at radius 1 is 0.512 bits per heavy atom. The summed E-state index contributed by atoms with van der Waals surface area (Å²) in [5, 5.41) is 123. The number of rotatable bonds is 23. The van der Waals surface area contributed by atoms with Crippen LogP contribution in [0.25, 0.3) is 66.8 Å². The second-order valence-electron chi connectivity index (χ2n) is 27.5. The van der Waals surface area contributed by atoms with Crippen LogP contribution in [0.2, 0.25) is 0 Å². The number of cyclic esters (lactones) is 2. The van der Waals surface area contributed by atoms with Crippen LogP contribution >= 0.6 is 0 Å². The summed E-state index contributed by atoms with van der Waals surface area (Å²) in [5.74, 6) is -4.49. The summed E-state index contributed by atoms with van der Waals surface area (Å²) in [6.45, 7) is 5.80. The number of aliphatic carboxylic acids is 1. The lowest BCUT2D eigenvalue weighted by atomic mass is 9.85. The Kier molecular flexibility index (Phi) is 21.2. The van der Waals surface area contributed by atoms with Crippen LogP contribution in [-0.2, 0) is 99.5 Å². The van der Waals surface area contributed by atoms with Crippen LogP contribution in [0.4, 0.5) is 45.5 Å². The van der Waals surface area contributed by atoms with Crippen molar-refractivity contribution in [1.29, 1.82) is 0 Å². The van der Waals surface area contributed by atoms with Crippen LogP contribution in [0.3, 0.4) is 0 Å². The molecule has 6 aromatic carbocycles. The van der Waals surface area contributed by atoms with Gasteiger partial charge in [-0.2, -0.15) is 0 Å². The van der Waals surface area contributed by atoms with Gasteiger partial charge in [0.25, 0.3) is 69.6 Å². The van der Waals surface area contributed by atoms with Gasteiger partial charge in [0, 0.05) is 79.5 Å². The number of hydrogen-bond acceptors (Lipinski definition) is 36. The normalized spacial score (nSPS) is 15.7. The summed E-state index contributed by atoms with van der Waals surface area (Å²) in [5.41, 5.74) is -9.80. The summed E-state index contributed by atoms with van der Waals surface area (Å²) < 4.78 is 28.7. The van der Waals surface area contributed by atoms with Crippen molar-refractivity contribution in [3.63, 3.8) is 0 Å². The van der Waals surface area contributed by atoms with E-state index >= 15 is 0 Å². The van der Waals surface area contributed by atoms with Gasteiger partial charge in [-0.3, -0.25) is 100 Å². The average molecular weight is 1680 g/mol. The van der Waals surface area contributed by atoms with E-state index in [4.69, 9.17) is 43.6 Å². The number of carbonyl (C=O) groups is 6. The van der Waals surface area contributed by atoms with Crippen molar-refractivity contribution in [3.05, 3.63) is 266 Å². The number of nitro groups is 8. The first-order chi connectivity index (χ1) is 58.5. The van der Waals surface area contributed by atoms with Gasteiger partial charge in [0.2, 0.25) is 17.8 Å². The number of hydrogen-bond donors (Lipinski definition) is 2. The number of esters is 3. The number of aromatic nitrogens is 4. The van der Waals surface area contributed by atoms with E-state index in [9.17, 15) is 124 Å². The molecule has 6 aliphatic rings. The van der Waals surface area contributed by atoms with E-state index in [1.807, 2.05) is 18.2 Å². The molecule has 618 valence electrons. The Bertz CT molecular complexity index is 6580. The zero-order chi connectivity index (χ0) is 88.6. The molecule has 0 saturated heterocycles. The molecule has 0 bridgehead atoms. The summed E-state index contributed by atoms with van der Waals surface area (Å²) in [6, 6.07) is 23.0. The van der Waals surface area contributed by atoms with Crippen LogP contribution in [0, 0.1) is 80.9 Å². The van der Waals surface area contributed by atoms with E-state index in [-0.39, 0.29) is 60.3 Å². The van der Waals surface area contributed by atoms with Crippen LogP contribution in [0.1, 0.15) is 96.2 Å². The molecule has 123 heavy (non-hydrogen) atoms. The smallest absolute Gasteiger partial charge is 0.412 e. The number of pyridine rings is 4. The number of ether oxygens (including phenoxy) is 3. The van der Waals surface area contributed by atoms with Crippen molar-refractivity contribution in [1.82, 2.24) is 19.1 Å². The minimum absolute atomic E-state index is 0.0117. The molecule has 47 nitrogen and oxygen atoms in total. The topological polar surface area (TPSA) is 647 Å². The number of non-ortho nitro benzene ring substituents is 4. The third-order valence-corrected chi connectivity index (χ3v) is 20.7. The first-order valence-electron chi connectivity index (χ1n) is 35.6. The van der Waals surface area contributed by atoms with E-state index in [0.29, 0.717) is 104 Å². The van der Waals surface area contributed by atoms with Gasteiger partial charge in [-0.15, -0.1) is 0 Å². The zero-order valence-corrected chi connectivity index (χ0v) is 62.9. The Balaban J connectivity index is 0.000000166. The number of benzene rings is 6. The molecule has 4 aliphatic heterocycles. The maximum Gasteiger partial charge on any atom is 0.412 e. The van der Waals surface area contributed by atoms with Crippen LogP contribution < -0.4 is 22.0 Å². The summed E-state index contributed by atoms with van der Waals surface area (Å²) in [6.07, 6.45) is -3.47. The molecule has 0 amide bonds. The van der Waals surface area contributed by atoms with Gasteiger partial charge >= 0.3 is 38.8 Å². The maximum absolute atomic E-state index is 14.0. The van der Waals surface area contributed by atoms with Gasteiger partial charge in [-0.05, 0) is 74.0 Å². The highest BCUT2D eigenvalue weighted by atomic mass is 16.7. The average Bonchev–Trinajstić information content (AvgIpc) is 1.72. The Morgan fingerprint density at radius 3 is 1.23 bits per heavy atom. The number of nitro benzene ring substituents is 8. The number of aliphatic hydroxyl groups is 1. The standard InChI is InChI=1S/C37H23BN7O16.C21H16BN2O6.C16H9N5O11/c1-3-37(25-12-29-32-18(13-41(29)34(47)24(25)14-58-36(37)49)6-17-7-19(38-59-15-46)4-5-26(17)39-32)60-35(48)16(2)61-40-33-22-8-20(42(50)51)10-27(44(54)55)30(22)31-23(33)9-21(43(52)53)11-28(31)45(56)57;1-2-21(28)15-7-17-18-12(8-24(17)19(26)14(15)9-29-20(21)27)5-11-6-13(22-30-10-25)3-4-16(11)23-18;1-6(16(22)23)32-17-15-9-2-7(18(24)25)4-11(20(28)29)13(9)14-10(15)3-8(19(26)27)5-12(14)21(30)31/h4-12,15-16H,3,13-14H2,1-2H3;3-7,10,28H,2,8-9H2,1H3;2-6H,1H3,(H,22,23)/t16-,37-;21-;6-/m000/s1. The zero-order valence-electron chi connectivity index (χ0n) is 62.9.